The second-order valence-corrected chi connectivity index (χ2v) is 5.87. The summed E-state index contributed by atoms with van der Waals surface area (Å²) in [5.41, 5.74) is 5.02. The number of para-hydroxylation sites is 2. The Kier molecular flexibility index (Phi) is 3.30. The maximum Gasteiger partial charge on any atom is 0.156 e. The average molecular weight is 289 g/mol. The molecule has 2 atom stereocenters. The van der Waals surface area contributed by atoms with Crippen molar-refractivity contribution in [2.75, 3.05) is 0 Å². The van der Waals surface area contributed by atoms with Gasteiger partial charge in [-0.25, -0.2) is 0 Å². The molecule has 0 fully saturated rings. The minimum atomic E-state index is -0.0282. The number of rotatable bonds is 3. The van der Waals surface area contributed by atoms with Gasteiger partial charge in [-0.3, -0.25) is 4.99 Å². The summed E-state index contributed by atoms with van der Waals surface area (Å²) in [7, 11) is 0. The maximum absolute atomic E-state index is 6.11. The molecule has 0 saturated carbocycles. The van der Waals surface area contributed by atoms with E-state index in [-0.39, 0.29) is 6.10 Å². The zero-order valence-electron chi connectivity index (χ0n) is 12.7. The van der Waals surface area contributed by atoms with Gasteiger partial charge in [0.1, 0.15) is 11.4 Å². The normalized spacial score (nSPS) is 22.3. The lowest BCUT2D eigenvalue weighted by Crippen LogP contribution is -2.30. The van der Waals surface area contributed by atoms with Gasteiger partial charge in [-0.2, -0.15) is 0 Å². The summed E-state index contributed by atoms with van der Waals surface area (Å²) in [6.45, 7) is 2.19. The number of hydrogen-bond donors (Lipinski definition) is 0. The van der Waals surface area contributed by atoms with Gasteiger partial charge in [-0.15, -0.1) is 0 Å². The van der Waals surface area contributed by atoms with E-state index >= 15 is 0 Å². The van der Waals surface area contributed by atoms with Gasteiger partial charge in [0.2, 0.25) is 0 Å². The Labute approximate surface area is 131 Å². The van der Waals surface area contributed by atoms with E-state index in [1.165, 1.54) is 16.7 Å². The molecule has 2 aliphatic rings. The molecule has 2 aromatic carbocycles. The lowest BCUT2D eigenvalue weighted by atomic mass is 9.76. The first-order valence-electron chi connectivity index (χ1n) is 7.94. The van der Waals surface area contributed by atoms with Crippen LogP contribution in [0.4, 0.5) is 5.69 Å². The van der Waals surface area contributed by atoms with E-state index in [0.717, 1.165) is 24.3 Å². The Morgan fingerprint density at radius 1 is 1.09 bits per heavy atom. The van der Waals surface area contributed by atoms with Crippen molar-refractivity contribution in [1.82, 2.24) is 0 Å². The number of nitrogens with zero attached hydrogens (tertiary/aromatic N) is 1. The van der Waals surface area contributed by atoms with Crippen molar-refractivity contribution >= 4 is 11.9 Å². The molecule has 0 amide bonds. The van der Waals surface area contributed by atoms with E-state index in [9.17, 15) is 0 Å². The van der Waals surface area contributed by atoms with Gasteiger partial charge in [0, 0.05) is 12.1 Å². The third-order valence-corrected chi connectivity index (χ3v) is 4.58. The van der Waals surface area contributed by atoms with Crippen molar-refractivity contribution in [3.63, 3.8) is 0 Å². The van der Waals surface area contributed by atoms with Crippen LogP contribution in [0, 0.1) is 0 Å². The SMILES string of the molecule is CCc1ccc(C2CC=C2C2C=Nc3ccccc3O2)cc1. The molecule has 2 heteroatoms. The van der Waals surface area contributed by atoms with Crippen LogP contribution in [0.25, 0.3) is 0 Å². The quantitative estimate of drug-likeness (QED) is 0.742. The highest BCUT2D eigenvalue weighted by atomic mass is 16.5. The third kappa shape index (κ3) is 2.25. The van der Waals surface area contributed by atoms with E-state index in [1.54, 1.807) is 0 Å². The van der Waals surface area contributed by atoms with E-state index in [0.29, 0.717) is 5.92 Å². The number of benzene rings is 2. The van der Waals surface area contributed by atoms with Crippen LogP contribution in [0.5, 0.6) is 5.75 Å². The van der Waals surface area contributed by atoms with E-state index in [2.05, 4.69) is 42.3 Å². The van der Waals surface area contributed by atoms with Gasteiger partial charge in [0.25, 0.3) is 0 Å². The molecule has 0 saturated heterocycles. The average Bonchev–Trinajstić information content (AvgIpc) is 2.54. The zero-order chi connectivity index (χ0) is 14.9. The molecule has 1 aliphatic heterocycles. The molecule has 0 bridgehead atoms. The Bertz CT molecular complexity index is 743. The number of fused-ring (bicyclic) bond motifs is 1. The number of ether oxygens (including phenoxy) is 1. The largest absolute Gasteiger partial charge is 0.478 e. The number of aliphatic imine (C=N–C) groups is 1. The van der Waals surface area contributed by atoms with Crippen molar-refractivity contribution in [2.24, 2.45) is 4.99 Å². The summed E-state index contributed by atoms with van der Waals surface area (Å²) < 4.78 is 6.11. The molecule has 1 aliphatic carbocycles. The molecule has 0 N–H and O–H groups in total. The third-order valence-electron chi connectivity index (χ3n) is 4.58. The van der Waals surface area contributed by atoms with Gasteiger partial charge in [0.15, 0.2) is 6.10 Å². The summed E-state index contributed by atoms with van der Waals surface area (Å²) in [6.07, 6.45) is 6.36. The predicted octanol–water partition coefficient (Wildman–Crippen LogP) is 4.83. The van der Waals surface area contributed by atoms with Crippen molar-refractivity contribution in [1.29, 1.82) is 0 Å². The second-order valence-electron chi connectivity index (χ2n) is 5.87. The highest BCUT2D eigenvalue weighted by molar-refractivity contribution is 5.77. The van der Waals surface area contributed by atoms with Crippen LogP contribution in [0.3, 0.4) is 0 Å². The first-order chi connectivity index (χ1) is 10.8. The summed E-state index contributed by atoms with van der Waals surface area (Å²) in [5, 5.41) is 0. The van der Waals surface area contributed by atoms with Crippen LogP contribution in [0.15, 0.2) is 65.2 Å². The smallest absolute Gasteiger partial charge is 0.156 e. The topological polar surface area (TPSA) is 21.6 Å². The fourth-order valence-electron chi connectivity index (χ4n) is 3.13. The second kappa shape index (κ2) is 5.45. The molecule has 0 spiro atoms. The lowest BCUT2D eigenvalue weighted by molar-refractivity contribution is 0.286. The zero-order valence-corrected chi connectivity index (χ0v) is 12.7. The monoisotopic (exact) mass is 289 g/mol. The van der Waals surface area contributed by atoms with Crippen LogP contribution >= 0.6 is 0 Å². The van der Waals surface area contributed by atoms with Crippen LogP contribution in [0.1, 0.15) is 30.4 Å². The molecule has 0 radical (unpaired) electrons. The fourth-order valence-corrected chi connectivity index (χ4v) is 3.13. The molecule has 4 rings (SSSR count). The van der Waals surface area contributed by atoms with Crippen molar-refractivity contribution in [3.8, 4) is 5.75 Å². The molecule has 2 unspecified atom stereocenters. The summed E-state index contributed by atoms with van der Waals surface area (Å²) in [5.74, 6) is 1.34. The highest BCUT2D eigenvalue weighted by Gasteiger charge is 2.31. The van der Waals surface area contributed by atoms with Gasteiger partial charge in [0.05, 0.1) is 0 Å². The summed E-state index contributed by atoms with van der Waals surface area (Å²) in [6, 6.07) is 16.9. The molecule has 110 valence electrons. The van der Waals surface area contributed by atoms with Crippen molar-refractivity contribution < 1.29 is 4.74 Å². The van der Waals surface area contributed by atoms with E-state index in [4.69, 9.17) is 4.74 Å². The standard InChI is InChI=1S/C20H19NO/c1-2-14-7-9-15(10-8-14)16-11-12-17(16)20-13-21-18-5-3-4-6-19(18)22-20/h3-10,12-13,16,20H,2,11H2,1H3. The van der Waals surface area contributed by atoms with Crippen molar-refractivity contribution in [2.45, 2.75) is 31.8 Å². The lowest BCUT2D eigenvalue weighted by Gasteiger charge is -2.33. The van der Waals surface area contributed by atoms with E-state index < -0.39 is 0 Å². The Morgan fingerprint density at radius 3 is 2.64 bits per heavy atom. The first kappa shape index (κ1) is 13.3. The van der Waals surface area contributed by atoms with Gasteiger partial charge in [-0.05, 0) is 41.7 Å². The number of aryl methyl sites for hydroxylation is 1. The van der Waals surface area contributed by atoms with Crippen LogP contribution in [-0.2, 0) is 6.42 Å². The first-order valence-corrected chi connectivity index (χ1v) is 7.94. The minimum Gasteiger partial charge on any atom is -0.478 e. The molecular formula is C20H19NO. The predicted molar refractivity (Wildman–Crippen MR) is 90.3 cm³/mol. The number of allylic oxidation sites excluding steroid dienone is 1. The molecule has 2 aromatic rings. The number of hydrogen-bond acceptors (Lipinski definition) is 2. The van der Waals surface area contributed by atoms with Gasteiger partial charge < -0.3 is 4.74 Å². The molecule has 0 aromatic heterocycles. The maximum atomic E-state index is 6.11. The highest BCUT2D eigenvalue weighted by Crippen LogP contribution is 2.42. The van der Waals surface area contributed by atoms with Gasteiger partial charge in [-0.1, -0.05) is 49.4 Å². The van der Waals surface area contributed by atoms with Crippen molar-refractivity contribution in [3.05, 3.63) is 71.3 Å². The molecule has 2 nitrogen and oxygen atoms in total. The van der Waals surface area contributed by atoms with Gasteiger partial charge >= 0.3 is 0 Å². The molecular weight excluding hydrogens is 270 g/mol. The fraction of sp³-hybridized carbons (Fsp3) is 0.250. The minimum absolute atomic E-state index is 0.0282. The summed E-state index contributed by atoms with van der Waals surface area (Å²) in [4.78, 5) is 4.54. The summed E-state index contributed by atoms with van der Waals surface area (Å²) >= 11 is 0. The van der Waals surface area contributed by atoms with Crippen LogP contribution in [-0.4, -0.2) is 12.3 Å². The molecule has 22 heavy (non-hydrogen) atoms. The Balaban J connectivity index is 1.55. The van der Waals surface area contributed by atoms with E-state index in [1.807, 2.05) is 30.5 Å². The molecule has 1 heterocycles. The van der Waals surface area contributed by atoms with Crippen LogP contribution in [0.2, 0.25) is 0 Å². The Morgan fingerprint density at radius 2 is 1.91 bits per heavy atom. The Hall–Kier alpha value is -2.35. The van der Waals surface area contributed by atoms with Crippen LogP contribution < -0.4 is 4.74 Å².